The molecule has 0 aromatic rings. The fourth-order valence-electron chi connectivity index (χ4n) is 10.3. The van der Waals surface area contributed by atoms with Crippen molar-refractivity contribution < 1.29 is 22.5 Å². The molecule has 0 aromatic carbocycles. The van der Waals surface area contributed by atoms with E-state index in [4.69, 9.17) is 27.7 Å². The van der Waals surface area contributed by atoms with Crippen LogP contribution in [-0.4, -0.2) is 70.5 Å². The van der Waals surface area contributed by atoms with Crippen molar-refractivity contribution in [2.75, 3.05) is 13.7 Å². The van der Waals surface area contributed by atoms with Crippen LogP contribution in [0.2, 0.25) is 78.6 Å². The molecule has 0 radical (unpaired) electrons. The second kappa shape index (κ2) is 12.6. The van der Waals surface area contributed by atoms with E-state index in [0.717, 1.165) is 24.5 Å². The van der Waals surface area contributed by atoms with Gasteiger partial charge in [0.05, 0.1) is 6.61 Å². The number of hydrogen-bond acceptors (Lipinski definition) is 6. The summed E-state index contributed by atoms with van der Waals surface area (Å²) in [6.07, 6.45) is 10.2. The Morgan fingerprint density at radius 2 is 1.39 bits per heavy atom. The fourth-order valence-corrected chi connectivity index (χ4v) is 14.7. The third-order valence-corrected chi connectivity index (χ3v) is 15.5. The van der Waals surface area contributed by atoms with Crippen LogP contribution >= 0.6 is 0 Å². The first-order valence-electron chi connectivity index (χ1n) is 17.7. The van der Waals surface area contributed by atoms with Gasteiger partial charge in [0.2, 0.25) is 0 Å². The van der Waals surface area contributed by atoms with Gasteiger partial charge in [-0.15, -0.1) is 0 Å². The molecule has 44 heavy (non-hydrogen) atoms. The Kier molecular flexibility index (Phi) is 10.6. The van der Waals surface area contributed by atoms with Gasteiger partial charge in [-0.3, -0.25) is 0 Å². The molecule has 0 bridgehead atoms. The van der Waals surface area contributed by atoms with Gasteiger partial charge in [0.1, 0.15) is 18.4 Å². The molecule has 4 aliphatic carbocycles. The SMILES string of the molecule is CO/N=C(\CO[Si](C)(C)C)[C@@]1(O[Si](C)(C)C)CC[C@H]2[C@@H]3CC[C@@H]4C[C@H](O[Si](C)(C)C)CC[C@]4(C)[C@H]3[C@@H](O[Si](C)(C)C)C[C@@]21C. The summed E-state index contributed by atoms with van der Waals surface area (Å²) in [7, 11) is -5.49. The van der Waals surface area contributed by atoms with Crippen LogP contribution in [0.3, 0.4) is 0 Å². The van der Waals surface area contributed by atoms with Crippen molar-refractivity contribution in [1.82, 2.24) is 0 Å². The zero-order chi connectivity index (χ0) is 33.1. The van der Waals surface area contributed by atoms with Crippen LogP contribution < -0.4 is 0 Å². The summed E-state index contributed by atoms with van der Waals surface area (Å²) >= 11 is 0. The lowest BCUT2D eigenvalue weighted by atomic mass is 9.43. The summed E-state index contributed by atoms with van der Waals surface area (Å²) in [6.45, 7) is 33.7. The Bertz CT molecular complexity index is 1050. The van der Waals surface area contributed by atoms with Gasteiger partial charge in [0.25, 0.3) is 0 Å². The lowest BCUT2D eigenvalue weighted by Gasteiger charge is -2.65. The van der Waals surface area contributed by atoms with Crippen LogP contribution in [0.15, 0.2) is 5.16 Å². The van der Waals surface area contributed by atoms with Crippen molar-refractivity contribution >= 4 is 39.0 Å². The van der Waals surface area contributed by atoms with Gasteiger partial charge in [-0.05, 0) is 159 Å². The molecular weight excluding hydrogens is 615 g/mol. The predicted molar refractivity (Wildman–Crippen MR) is 194 cm³/mol. The molecule has 0 saturated heterocycles. The number of nitrogens with zero attached hydrogens (tertiary/aromatic N) is 1. The van der Waals surface area contributed by atoms with Crippen molar-refractivity contribution in [3.63, 3.8) is 0 Å². The molecule has 0 N–H and O–H groups in total. The minimum Gasteiger partial charge on any atom is -0.415 e. The van der Waals surface area contributed by atoms with Crippen molar-refractivity contribution in [1.29, 1.82) is 0 Å². The summed E-state index contributed by atoms with van der Waals surface area (Å²) in [5, 5.41) is 4.79. The first-order chi connectivity index (χ1) is 19.9. The molecule has 4 fully saturated rings. The Labute approximate surface area is 275 Å². The number of hydrogen-bond donors (Lipinski definition) is 0. The van der Waals surface area contributed by atoms with Crippen LogP contribution in [0, 0.1) is 34.5 Å². The zero-order valence-corrected chi connectivity index (χ0v) is 35.3. The second-order valence-electron chi connectivity index (χ2n) is 19.3. The van der Waals surface area contributed by atoms with Gasteiger partial charge in [-0.25, -0.2) is 0 Å². The minimum atomic E-state index is -1.99. The normalized spacial score (nSPS) is 40.3. The van der Waals surface area contributed by atoms with Crippen molar-refractivity contribution in [3.8, 4) is 0 Å². The van der Waals surface area contributed by atoms with Crippen LogP contribution in [-0.2, 0) is 22.5 Å². The minimum absolute atomic E-state index is 0.0970. The van der Waals surface area contributed by atoms with Gasteiger partial charge in [-0.2, -0.15) is 0 Å². The third kappa shape index (κ3) is 7.73. The summed E-state index contributed by atoms with van der Waals surface area (Å²) in [4.78, 5) is 5.62. The third-order valence-electron chi connectivity index (χ3n) is 11.5. The van der Waals surface area contributed by atoms with Gasteiger partial charge in [-0.1, -0.05) is 19.0 Å². The lowest BCUT2D eigenvalue weighted by Crippen LogP contribution is -2.66. The largest absolute Gasteiger partial charge is 0.415 e. The van der Waals surface area contributed by atoms with Crippen LogP contribution in [0.25, 0.3) is 0 Å². The Balaban J connectivity index is 1.78. The molecule has 0 aromatic heterocycles. The maximum atomic E-state index is 7.50. The molecule has 6 nitrogen and oxygen atoms in total. The highest BCUT2D eigenvalue weighted by Gasteiger charge is 2.70. The van der Waals surface area contributed by atoms with E-state index in [9.17, 15) is 0 Å². The van der Waals surface area contributed by atoms with Gasteiger partial charge < -0.3 is 22.5 Å². The summed E-state index contributed by atoms with van der Waals surface area (Å²) in [5.41, 5.74) is 0.678. The molecule has 256 valence electrons. The highest BCUT2D eigenvalue weighted by Crippen LogP contribution is 2.70. The monoisotopic (exact) mass is 683 g/mol. The molecule has 4 saturated carbocycles. The molecule has 9 atom stereocenters. The molecule has 4 rings (SSSR count). The molecule has 0 spiro atoms. The summed E-state index contributed by atoms with van der Waals surface area (Å²) < 4.78 is 28.2. The smallest absolute Gasteiger partial charge is 0.185 e. The second-order valence-corrected chi connectivity index (χ2v) is 37.2. The van der Waals surface area contributed by atoms with E-state index in [-0.39, 0.29) is 11.5 Å². The number of fused-ring (bicyclic) bond motifs is 5. The van der Waals surface area contributed by atoms with Crippen molar-refractivity contribution in [2.24, 2.45) is 39.7 Å². The summed E-state index contributed by atoms with van der Waals surface area (Å²) in [5.74, 6) is 2.52. The summed E-state index contributed by atoms with van der Waals surface area (Å²) in [6, 6.07) is 0. The average molecular weight is 684 g/mol. The van der Waals surface area contributed by atoms with E-state index in [2.05, 4.69) is 92.4 Å². The maximum Gasteiger partial charge on any atom is 0.185 e. The van der Waals surface area contributed by atoms with E-state index in [1.165, 1.54) is 38.5 Å². The van der Waals surface area contributed by atoms with E-state index in [0.29, 0.717) is 35.9 Å². The fraction of sp³-hybridized carbons (Fsp3) is 0.971. The molecule has 0 heterocycles. The maximum absolute atomic E-state index is 7.50. The Morgan fingerprint density at radius 1 is 0.750 bits per heavy atom. The van der Waals surface area contributed by atoms with Crippen LogP contribution in [0.5, 0.6) is 0 Å². The van der Waals surface area contributed by atoms with Gasteiger partial charge in [0, 0.05) is 17.6 Å². The van der Waals surface area contributed by atoms with Crippen molar-refractivity contribution in [3.05, 3.63) is 0 Å². The average Bonchev–Trinajstić information content (AvgIpc) is 3.10. The molecule has 0 aliphatic heterocycles. The topological polar surface area (TPSA) is 58.5 Å². The molecule has 0 amide bonds. The standard InChI is InChI=1S/C34H69NO5Si4/c1-32-20-18-26(38-42(7,8)9)22-25(32)16-17-27-28-19-21-34(40-44(13,14)15,30(35-36-3)24-37-41(4,5)6)33(28,2)23-29(31(27)32)39-43(10,11)12/h25-29,31H,16-24H2,1-15H3/b35-30+/t25-,26-,27+,28+,29+,31-,32+,33+,34+/m1/s1. The zero-order valence-electron chi connectivity index (χ0n) is 31.3. The highest BCUT2D eigenvalue weighted by atomic mass is 28.4. The Morgan fingerprint density at radius 3 is 1.93 bits per heavy atom. The molecular formula is C34H69NO5Si4. The quantitative estimate of drug-likeness (QED) is 0.123. The van der Waals surface area contributed by atoms with E-state index in [1.54, 1.807) is 7.11 Å². The van der Waals surface area contributed by atoms with Gasteiger partial charge >= 0.3 is 0 Å². The first-order valence-corrected chi connectivity index (χ1v) is 31.4. The lowest BCUT2D eigenvalue weighted by molar-refractivity contribution is -0.183. The Hall–Kier alpha value is 0.178. The van der Waals surface area contributed by atoms with E-state index in [1.807, 2.05) is 0 Å². The molecule has 0 unspecified atom stereocenters. The molecule has 10 heteroatoms. The molecule has 4 aliphatic rings. The first kappa shape index (κ1) is 37.0. The van der Waals surface area contributed by atoms with Crippen LogP contribution in [0.4, 0.5) is 0 Å². The predicted octanol–water partition coefficient (Wildman–Crippen LogP) is 9.52. The van der Waals surface area contributed by atoms with E-state index >= 15 is 0 Å². The van der Waals surface area contributed by atoms with Crippen LogP contribution in [0.1, 0.15) is 65.2 Å². The van der Waals surface area contributed by atoms with Crippen molar-refractivity contribution in [2.45, 2.75) is 162 Å². The highest BCUT2D eigenvalue weighted by molar-refractivity contribution is 6.71. The number of rotatable bonds is 11. The van der Waals surface area contributed by atoms with Gasteiger partial charge in [0.15, 0.2) is 33.3 Å². The van der Waals surface area contributed by atoms with E-state index < -0.39 is 38.9 Å². The number of oxime groups is 1.